The van der Waals surface area contributed by atoms with Gasteiger partial charge in [-0.2, -0.15) is 5.26 Å². The van der Waals surface area contributed by atoms with Crippen LogP contribution in [0.15, 0.2) is 72.8 Å². The van der Waals surface area contributed by atoms with E-state index in [1.165, 1.54) is 18.9 Å². The molecular formula is C47H59N9O8. The molecule has 0 saturated carbocycles. The molecule has 0 fully saturated rings. The predicted octanol–water partition coefficient (Wildman–Crippen LogP) is 2.44. The molecule has 0 aromatic heterocycles. The van der Waals surface area contributed by atoms with Crippen molar-refractivity contribution in [3.05, 3.63) is 89.5 Å². The van der Waals surface area contributed by atoms with Gasteiger partial charge in [-0.15, -0.1) is 0 Å². The average molecular weight is 878 g/mol. The van der Waals surface area contributed by atoms with E-state index in [2.05, 4.69) is 42.0 Å². The van der Waals surface area contributed by atoms with Gasteiger partial charge < -0.3 is 57.6 Å². The Morgan fingerprint density at radius 3 is 2.12 bits per heavy atom. The smallest absolute Gasteiger partial charge is 0.252 e. The summed E-state index contributed by atoms with van der Waals surface area (Å²) < 4.78 is 18.3. The highest BCUT2D eigenvalue weighted by Gasteiger charge is 2.36. The van der Waals surface area contributed by atoms with Crippen LogP contribution in [0.25, 0.3) is 21.9 Å². The second-order valence-corrected chi connectivity index (χ2v) is 16.7. The fraction of sp³-hybridized carbons (Fsp3) is 0.404. The Bertz CT molecular complexity index is 2380. The maximum atomic E-state index is 14.7. The van der Waals surface area contributed by atoms with Gasteiger partial charge in [0.05, 0.1) is 12.7 Å². The number of amides is 5. The maximum Gasteiger partial charge on any atom is 0.252 e. The number of hydrogen-bond donors (Lipinski definition) is 7. The number of nitrogens with one attached hydrogen (secondary N) is 4. The Morgan fingerprint density at radius 2 is 1.48 bits per heavy atom. The van der Waals surface area contributed by atoms with Gasteiger partial charge in [0.1, 0.15) is 61.2 Å². The summed E-state index contributed by atoms with van der Waals surface area (Å²) >= 11 is 0. The minimum atomic E-state index is -1.39. The highest BCUT2D eigenvalue weighted by atomic mass is 16.5. The van der Waals surface area contributed by atoms with Gasteiger partial charge in [0.2, 0.25) is 23.6 Å². The second-order valence-electron chi connectivity index (χ2n) is 16.7. The van der Waals surface area contributed by atoms with Gasteiger partial charge in [0.15, 0.2) is 0 Å². The van der Waals surface area contributed by atoms with Crippen molar-refractivity contribution in [2.45, 2.75) is 64.7 Å². The van der Waals surface area contributed by atoms with Gasteiger partial charge in [-0.25, -0.2) is 0 Å². The van der Waals surface area contributed by atoms with Gasteiger partial charge in [-0.1, -0.05) is 57.2 Å². The van der Waals surface area contributed by atoms with Crippen LogP contribution in [0.3, 0.4) is 0 Å². The van der Waals surface area contributed by atoms with E-state index in [0.717, 1.165) is 5.39 Å². The number of carbonyl (C=O) groups excluding carboxylic acids is 5. The van der Waals surface area contributed by atoms with Gasteiger partial charge in [-0.3, -0.25) is 24.0 Å². The first-order valence-electron chi connectivity index (χ1n) is 21.2. The van der Waals surface area contributed by atoms with Crippen molar-refractivity contribution in [3.8, 4) is 34.4 Å². The van der Waals surface area contributed by atoms with Crippen LogP contribution in [0, 0.1) is 16.7 Å². The minimum Gasteiger partial charge on any atom is -0.492 e. The first-order chi connectivity index (χ1) is 30.6. The molecule has 0 aliphatic carbocycles. The fourth-order valence-corrected chi connectivity index (χ4v) is 7.26. The van der Waals surface area contributed by atoms with E-state index in [4.69, 9.17) is 36.7 Å². The Morgan fingerprint density at radius 1 is 0.844 bits per heavy atom. The third-order valence-electron chi connectivity index (χ3n) is 10.4. The van der Waals surface area contributed by atoms with Crippen LogP contribution in [-0.4, -0.2) is 106 Å². The third-order valence-corrected chi connectivity index (χ3v) is 10.4. The minimum absolute atomic E-state index is 0.00551. The Hall–Kier alpha value is -6.74. The quantitative estimate of drug-likeness (QED) is 0.0801. The maximum absolute atomic E-state index is 14.7. The molecule has 1 aliphatic rings. The van der Waals surface area contributed by atoms with Gasteiger partial charge in [0, 0.05) is 48.6 Å². The second kappa shape index (κ2) is 22.1. The van der Waals surface area contributed by atoms with E-state index in [1.54, 1.807) is 54.6 Å². The molecule has 4 bridgehead atoms. The lowest BCUT2D eigenvalue weighted by Crippen LogP contribution is -2.56. The number of benzene rings is 4. The highest BCUT2D eigenvalue weighted by Crippen LogP contribution is 2.40. The standard InChI is InChI=1S/C47H59N9O8/c1-28-42(57)55-37(44(59)52-21-18-49)25-29-10-13-39(62-22-19-50)34(24-29)35-26-30(11-14-40(35)63-23-20-51)41(45(60)53-28)56(5)46(61)36(16-17-48)54-43(58)33-12-15-38(64-27-47(2,3)4)32-9-7-6-8-31(32)33/h6-15,24,26,28,36-37,41H,16-17,19-23,25,27,48,50-51H2,1-5H3,(H,52,59)(H,53,60)(H,54,58)(H,55,57)/t28-,36-,37-,41-/m0/s1. The molecule has 4 aromatic rings. The van der Waals surface area contributed by atoms with E-state index in [0.29, 0.717) is 57.1 Å². The van der Waals surface area contributed by atoms with Crippen LogP contribution in [0.1, 0.15) is 61.6 Å². The van der Waals surface area contributed by atoms with Gasteiger partial charge in [-0.05, 0) is 78.2 Å². The van der Waals surface area contributed by atoms with Crippen molar-refractivity contribution in [1.29, 1.82) is 5.26 Å². The summed E-state index contributed by atoms with van der Waals surface area (Å²) in [7, 11) is 1.43. The zero-order chi connectivity index (χ0) is 46.6. The molecule has 17 heteroatoms. The molecule has 0 spiro atoms. The van der Waals surface area contributed by atoms with Gasteiger partial charge in [0.25, 0.3) is 5.91 Å². The number of rotatable bonds is 16. The molecule has 0 radical (unpaired) electrons. The van der Waals surface area contributed by atoms with Crippen molar-refractivity contribution in [2.75, 3.05) is 53.0 Å². The molecule has 0 saturated heterocycles. The van der Waals surface area contributed by atoms with Crippen molar-refractivity contribution in [1.82, 2.24) is 26.2 Å². The molecular weight excluding hydrogens is 819 g/mol. The molecule has 0 unspecified atom stereocenters. The molecule has 4 atom stereocenters. The normalized spacial score (nSPS) is 16.8. The molecule has 1 heterocycles. The average Bonchev–Trinajstić information content (AvgIpc) is 3.27. The summed E-state index contributed by atoms with van der Waals surface area (Å²) in [5, 5.41) is 21.3. The van der Waals surface area contributed by atoms with Crippen LogP contribution in [-0.2, 0) is 25.6 Å². The molecule has 10 N–H and O–H groups in total. The van der Waals surface area contributed by atoms with Gasteiger partial charge >= 0.3 is 0 Å². The first-order valence-corrected chi connectivity index (χ1v) is 21.2. The van der Waals surface area contributed by atoms with Crippen LogP contribution >= 0.6 is 0 Å². The Kier molecular flexibility index (Phi) is 16.6. The number of ether oxygens (including phenoxy) is 3. The van der Waals surface area contributed by atoms with E-state index in [9.17, 15) is 24.0 Å². The topological polar surface area (TPSA) is 266 Å². The summed E-state index contributed by atoms with van der Waals surface area (Å²) in [4.78, 5) is 71.7. The third kappa shape index (κ3) is 12.0. The van der Waals surface area contributed by atoms with Crippen molar-refractivity contribution in [2.24, 2.45) is 22.6 Å². The summed E-state index contributed by atoms with van der Waals surface area (Å²) in [6.45, 7) is 8.47. The first kappa shape index (κ1) is 48.3. The van der Waals surface area contributed by atoms with Crippen LogP contribution in [0.2, 0.25) is 0 Å². The van der Waals surface area contributed by atoms with Crippen molar-refractivity contribution < 1.29 is 38.2 Å². The molecule has 4 aromatic carbocycles. The van der Waals surface area contributed by atoms with E-state index in [-0.39, 0.29) is 57.6 Å². The lowest BCUT2D eigenvalue weighted by atomic mass is 9.93. The monoisotopic (exact) mass is 877 g/mol. The molecule has 5 rings (SSSR count). The zero-order valence-corrected chi connectivity index (χ0v) is 37.0. The molecule has 1 aliphatic heterocycles. The van der Waals surface area contributed by atoms with Crippen LogP contribution in [0.4, 0.5) is 0 Å². The summed E-state index contributed by atoms with van der Waals surface area (Å²) in [6, 6.07) is 17.8. The number of fused-ring (bicyclic) bond motifs is 6. The highest BCUT2D eigenvalue weighted by molar-refractivity contribution is 6.09. The molecule has 17 nitrogen and oxygen atoms in total. The number of nitriles is 1. The van der Waals surface area contributed by atoms with Crippen LogP contribution < -0.4 is 52.7 Å². The fourth-order valence-electron chi connectivity index (χ4n) is 7.26. The van der Waals surface area contributed by atoms with Crippen molar-refractivity contribution in [3.63, 3.8) is 0 Å². The Labute approximate surface area is 373 Å². The number of nitrogens with two attached hydrogens (primary N) is 3. The van der Waals surface area contributed by atoms with E-state index in [1.807, 2.05) is 24.3 Å². The summed E-state index contributed by atoms with van der Waals surface area (Å²) in [5.41, 5.74) is 19.8. The number of nitrogens with zero attached hydrogens (tertiary/aromatic N) is 2. The summed E-state index contributed by atoms with van der Waals surface area (Å²) in [6.07, 6.45) is 0.0271. The van der Waals surface area contributed by atoms with E-state index >= 15 is 0 Å². The van der Waals surface area contributed by atoms with E-state index < -0.39 is 53.7 Å². The molecule has 340 valence electrons. The summed E-state index contributed by atoms with van der Waals surface area (Å²) in [5.74, 6) is -1.85. The Balaban J connectivity index is 1.60. The van der Waals surface area contributed by atoms with Crippen LogP contribution in [0.5, 0.6) is 17.2 Å². The predicted molar refractivity (Wildman–Crippen MR) is 242 cm³/mol. The number of likely N-dealkylation sites (N-methyl/N-ethyl adjacent to an activating group) is 1. The molecule has 5 amide bonds. The zero-order valence-electron chi connectivity index (χ0n) is 37.0. The SMILES string of the molecule is C[C@@H]1NC(=O)[C@@H](N(C)C(=O)[C@H](CCN)NC(=O)c2ccc(OCC(C)(C)C)c3ccccc23)c2ccc(OCCN)c(c2)-c2cc(ccc2OCCN)C[C@@H](C(=O)NCC#N)NC1=O. The number of carbonyl (C=O) groups is 5. The molecule has 64 heavy (non-hydrogen) atoms. The largest absolute Gasteiger partial charge is 0.492 e. The lowest BCUT2D eigenvalue weighted by Gasteiger charge is -2.32. The van der Waals surface area contributed by atoms with Crippen molar-refractivity contribution >= 4 is 40.3 Å². The lowest BCUT2D eigenvalue weighted by molar-refractivity contribution is -0.141. The number of hydrogen-bond acceptors (Lipinski definition) is 12.